The van der Waals surface area contributed by atoms with Crippen LogP contribution in [0.5, 0.6) is 0 Å². The fraction of sp³-hybridized carbons (Fsp3) is 1.00. The van der Waals surface area contributed by atoms with Crippen molar-refractivity contribution in [2.75, 3.05) is 13.2 Å². The van der Waals surface area contributed by atoms with Gasteiger partial charge in [0.05, 0.1) is 31.5 Å². The molecule has 0 aliphatic carbocycles. The fourth-order valence-corrected chi connectivity index (χ4v) is 5.45. The predicted molar refractivity (Wildman–Crippen MR) is 133 cm³/mol. The lowest BCUT2D eigenvalue weighted by molar-refractivity contribution is -0.389. The number of hydrogen-bond donors (Lipinski definition) is 12. The monoisotopic (exact) mass is 633 g/mol. The summed E-state index contributed by atoms with van der Waals surface area (Å²) in [6.07, 6.45) is -30.1. The second-order valence-electron chi connectivity index (χ2n) is 11.2. The lowest BCUT2D eigenvalue weighted by Gasteiger charge is -2.50. The predicted octanol–water partition coefficient (Wildman–Crippen LogP) is -7.73. The summed E-state index contributed by atoms with van der Waals surface area (Å²) >= 11 is 0. The van der Waals surface area contributed by atoms with Crippen molar-refractivity contribution in [1.29, 1.82) is 0 Å². The molecule has 0 amide bonds. The van der Waals surface area contributed by atoms with E-state index in [1.54, 1.807) is 0 Å². The third-order valence-corrected chi connectivity index (χ3v) is 8.21. The number of hydrogen-bond acceptors (Lipinski definition) is 19. The van der Waals surface area contributed by atoms with Gasteiger partial charge in [-0.2, -0.15) is 0 Å². The van der Waals surface area contributed by atoms with Gasteiger partial charge in [0.1, 0.15) is 79.4 Å². The summed E-state index contributed by atoms with van der Waals surface area (Å²) in [6.45, 7) is 1.19. The first-order chi connectivity index (χ1) is 20.2. The molecular weight excluding hydrogens is 590 g/mol. The Bertz CT molecular complexity index is 891. The smallest absolute Gasteiger partial charge is 0.187 e. The molecule has 1 unspecified atom stereocenters. The van der Waals surface area contributed by atoms with Crippen LogP contribution in [0.4, 0.5) is 0 Å². The maximum atomic E-state index is 10.9. The van der Waals surface area contributed by atoms with E-state index in [-0.39, 0.29) is 0 Å². The fourth-order valence-electron chi connectivity index (χ4n) is 5.45. The van der Waals surface area contributed by atoms with Crippen molar-refractivity contribution in [1.82, 2.24) is 0 Å². The molecule has 4 rings (SSSR count). The molecule has 0 aromatic heterocycles. The van der Waals surface area contributed by atoms with Crippen LogP contribution in [0.2, 0.25) is 0 Å². The third kappa shape index (κ3) is 7.00. The molecule has 4 aliphatic rings. The molecule has 4 fully saturated rings. The molecule has 4 heterocycles. The summed E-state index contributed by atoms with van der Waals surface area (Å²) in [6, 6.07) is -1.48. The van der Waals surface area contributed by atoms with E-state index in [0.717, 1.165) is 0 Å². The van der Waals surface area contributed by atoms with E-state index in [2.05, 4.69) is 0 Å². The van der Waals surface area contributed by atoms with Crippen LogP contribution in [0.1, 0.15) is 13.8 Å². The van der Waals surface area contributed by atoms with E-state index in [1.165, 1.54) is 13.8 Å². The van der Waals surface area contributed by atoms with Crippen LogP contribution in [-0.4, -0.2) is 192 Å². The number of aliphatic hydroxyl groups is 11. The molecule has 19 nitrogen and oxygen atoms in total. The first-order valence-electron chi connectivity index (χ1n) is 13.9. The Kier molecular flexibility index (Phi) is 11.7. The van der Waals surface area contributed by atoms with Gasteiger partial charge in [-0.05, 0) is 13.8 Å². The molecule has 0 aromatic carbocycles. The molecule has 43 heavy (non-hydrogen) atoms. The first-order valence-corrected chi connectivity index (χ1v) is 13.9. The highest BCUT2D eigenvalue weighted by Gasteiger charge is 2.55. The first kappa shape index (κ1) is 35.1. The molecule has 252 valence electrons. The Morgan fingerprint density at radius 1 is 0.488 bits per heavy atom. The number of nitrogens with two attached hydrogens (primary N) is 1. The van der Waals surface area contributed by atoms with Crippen LogP contribution in [0, 0.1) is 0 Å². The average molecular weight is 634 g/mol. The molecule has 0 bridgehead atoms. The van der Waals surface area contributed by atoms with Gasteiger partial charge in [-0.25, -0.2) is 0 Å². The summed E-state index contributed by atoms with van der Waals surface area (Å²) in [5.74, 6) is 0. The summed E-state index contributed by atoms with van der Waals surface area (Å²) in [5.41, 5.74) is 6.16. The highest BCUT2D eigenvalue weighted by atomic mass is 16.8. The molecule has 4 aliphatic heterocycles. The van der Waals surface area contributed by atoms with Crippen molar-refractivity contribution < 1.29 is 89.3 Å². The summed E-state index contributed by atoms with van der Waals surface area (Å²) in [7, 11) is 0. The lowest BCUT2D eigenvalue weighted by atomic mass is 9.95. The van der Waals surface area contributed by atoms with Crippen molar-refractivity contribution >= 4 is 0 Å². The van der Waals surface area contributed by atoms with Crippen molar-refractivity contribution in [3.05, 3.63) is 0 Å². The Morgan fingerprint density at radius 2 is 0.953 bits per heavy atom. The van der Waals surface area contributed by atoms with Crippen molar-refractivity contribution in [3.8, 4) is 0 Å². The maximum absolute atomic E-state index is 10.9. The SMILES string of the molecule is C[C@@H]1O[C@@H](O[C@H]2[C@H](O[C@H]3[C@H](O[C@@H]4O[C@@H](C)[C@@H](O)[C@@H](O)[C@@H]4O)[C@@H](CO)OC(O)[C@@H]3N)O[C@H](CO)[C@H](O)[C@@H]2O)[C@@H](O)[C@H](O)[C@@H]1O. The van der Waals surface area contributed by atoms with E-state index in [4.69, 9.17) is 38.9 Å². The van der Waals surface area contributed by atoms with Crippen LogP contribution in [0.15, 0.2) is 0 Å². The lowest BCUT2D eigenvalue weighted by Crippen LogP contribution is -2.69. The minimum atomic E-state index is -1.87. The van der Waals surface area contributed by atoms with Crippen LogP contribution in [0.25, 0.3) is 0 Å². The molecule has 19 heteroatoms. The van der Waals surface area contributed by atoms with E-state index >= 15 is 0 Å². The zero-order valence-corrected chi connectivity index (χ0v) is 23.3. The average Bonchev–Trinajstić information content (AvgIpc) is 2.98. The van der Waals surface area contributed by atoms with Crippen molar-refractivity contribution in [3.63, 3.8) is 0 Å². The number of ether oxygens (including phenoxy) is 7. The van der Waals surface area contributed by atoms with Gasteiger partial charge >= 0.3 is 0 Å². The molecule has 0 saturated carbocycles. The summed E-state index contributed by atoms with van der Waals surface area (Å²) in [5, 5.41) is 113. The normalized spacial score (nSPS) is 54.8. The van der Waals surface area contributed by atoms with E-state index in [1.807, 2.05) is 0 Å². The molecule has 4 saturated heterocycles. The summed E-state index contributed by atoms with van der Waals surface area (Å²) in [4.78, 5) is 0. The topological polar surface area (TPSA) is 313 Å². The van der Waals surface area contributed by atoms with Gasteiger partial charge in [-0.15, -0.1) is 0 Å². The molecule has 20 atom stereocenters. The van der Waals surface area contributed by atoms with Gasteiger partial charge < -0.3 is 95.1 Å². The van der Waals surface area contributed by atoms with Gasteiger partial charge in [0, 0.05) is 0 Å². The van der Waals surface area contributed by atoms with Crippen molar-refractivity contribution in [2.24, 2.45) is 5.73 Å². The largest absolute Gasteiger partial charge is 0.394 e. The Balaban J connectivity index is 1.62. The minimum absolute atomic E-state index is 0.788. The second-order valence-corrected chi connectivity index (χ2v) is 11.2. The quantitative estimate of drug-likeness (QED) is 0.118. The number of rotatable bonds is 8. The highest BCUT2D eigenvalue weighted by molar-refractivity contribution is 4.98. The van der Waals surface area contributed by atoms with E-state index in [0.29, 0.717) is 0 Å². The number of aliphatic hydroxyl groups excluding tert-OH is 11. The van der Waals surface area contributed by atoms with Crippen LogP contribution in [-0.2, 0) is 33.2 Å². The maximum Gasteiger partial charge on any atom is 0.187 e. The van der Waals surface area contributed by atoms with Crippen LogP contribution < -0.4 is 5.73 Å². The molecule has 13 N–H and O–H groups in total. The van der Waals surface area contributed by atoms with Gasteiger partial charge in [-0.1, -0.05) is 0 Å². The highest BCUT2D eigenvalue weighted by Crippen LogP contribution is 2.34. The Hall–Kier alpha value is -0.760. The molecular formula is C24H43NO18. The molecule has 0 aromatic rings. The zero-order valence-electron chi connectivity index (χ0n) is 23.3. The molecule has 0 spiro atoms. The van der Waals surface area contributed by atoms with Gasteiger partial charge in [0.15, 0.2) is 25.2 Å². The third-order valence-electron chi connectivity index (χ3n) is 8.21. The van der Waals surface area contributed by atoms with Gasteiger partial charge in [-0.3, -0.25) is 0 Å². The van der Waals surface area contributed by atoms with E-state index in [9.17, 15) is 56.2 Å². The Morgan fingerprint density at radius 3 is 1.44 bits per heavy atom. The summed E-state index contributed by atoms with van der Waals surface area (Å²) < 4.78 is 39.4. The molecule has 0 radical (unpaired) electrons. The van der Waals surface area contributed by atoms with Gasteiger partial charge in [0.25, 0.3) is 0 Å². The van der Waals surface area contributed by atoms with Gasteiger partial charge in [0.2, 0.25) is 0 Å². The van der Waals surface area contributed by atoms with Crippen molar-refractivity contribution in [2.45, 2.75) is 137 Å². The van der Waals surface area contributed by atoms with Crippen LogP contribution in [0.3, 0.4) is 0 Å². The zero-order chi connectivity index (χ0) is 31.9. The minimum Gasteiger partial charge on any atom is -0.394 e. The second kappa shape index (κ2) is 14.3. The van der Waals surface area contributed by atoms with E-state index < -0.39 is 136 Å². The van der Waals surface area contributed by atoms with Crippen LogP contribution >= 0.6 is 0 Å². The standard InChI is InChI=1S/C24H43NO18/c1-5-10(28)13(31)16(34)22(37-5)41-18-8(4-27)39-21(36)9(25)19(18)42-24-20(15(33)12(30)7(3-26)40-24)43-23-17(35)14(32)11(29)6(2)38-23/h5-24,26-36H,3-4,25H2,1-2H3/t5-,6-,7+,8+,9+,10+,11+,12-,13+,14+,15-,16-,17-,18+,19+,20+,21?,22-,23-,24-/m0/s1. The Labute approximate surface area is 245 Å².